The Kier molecular flexibility index (Phi) is 5.61. The highest BCUT2D eigenvalue weighted by Crippen LogP contribution is 2.31. The Hall–Kier alpha value is -1.64. The zero-order valence-corrected chi connectivity index (χ0v) is 15.2. The topological polar surface area (TPSA) is 76.2 Å². The number of carbonyl (C=O) groups is 1. The number of sulfonamides is 1. The normalized spacial score (nSPS) is 19.0. The van der Waals surface area contributed by atoms with Crippen molar-refractivity contribution in [2.24, 2.45) is 5.92 Å². The number of methoxy groups -OCH3 is 1. The predicted molar refractivity (Wildman–Crippen MR) is 91.9 cm³/mol. The first-order chi connectivity index (χ1) is 12.0. The van der Waals surface area contributed by atoms with Crippen molar-refractivity contribution in [3.8, 4) is 5.75 Å². The van der Waals surface area contributed by atoms with Gasteiger partial charge in [0.25, 0.3) is 0 Å². The fourth-order valence-electron chi connectivity index (χ4n) is 2.84. The van der Waals surface area contributed by atoms with Gasteiger partial charge in [0.15, 0.2) is 0 Å². The first kappa shape index (κ1) is 18.2. The SMILES string of the molecule is COCCOc1ccc(S(=O)(=O)N2CCN(C(=O)C3CC3)CC2)cc1. The van der Waals surface area contributed by atoms with Crippen LogP contribution in [0.2, 0.25) is 0 Å². The third kappa shape index (κ3) is 4.31. The van der Waals surface area contributed by atoms with E-state index in [1.54, 1.807) is 36.3 Å². The van der Waals surface area contributed by atoms with Crippen LogP contribution in [0.15, 0.2) is 29.2 Å². The van der Waals surface area contributed by atoms with Crippen molar-refractivity contribution >= 4 is 15.9 Å². The molecule has 1 heterocycles. The van der Waals surface area contributed by atoms with Gasteiger partial charge in [0.2, 0.25) is 15.9 Å². The molecule has 0 bridgehead atoms. The summed E-state index contributed by atoms with van der Waals surface area (Å²) in [6.07, 6.45) is 1.94. The summed E-state index contributed by atoms with van der Waals surface area (Å²) in [6, 6.07) is 6.41. The lowest BCUT2D eigenvalue weighted by molar-refractivity contribution is -0.133. The smallest absolute Gasteiger partial charge is 0.243 e. The van der Waals surface area contributed by atoms with Gasteiger partial charge in [0.1, 0.15) is 12.4 Å². The van der Waals surface area contributed by atoms with Crippen LogP contribution in [0.4, 0.5) is 0 Å². The van der Waals surface area contributed by atoms with Crippen molar-refractivity contribution in [2.75, 3.05) is 46.5 Å². The van der Waals surface area contributed by atoms with E-state index in [1.165, 1.54) is 4.31 Å². The molecule has 25 heavy (non-hydrogen) atoms. The highest BCUT2D eigenvalue weighted by Gasteiger charge is 2.36. The molecule has 138 valence electrons. The van der Waals surface area contributed by atoms with Crippen LogP contribution in [0.1, 0.15) is 12.8 Å². The second kappa shape index (κ2) is 7.72. The van der Waals surface area contributed by atoms with Crippen molar-refractivity contribution in [1.29, 1.82) is 0 Å². The number of carbonyl (C=O) groups excluding carboxylic acids is 1. The second-order valence-electron chi connectivity index (χ2n) is 6.32. The molecule has 0 N–H and O–H groups in total. The summed E-state index contributed by atoms with van der Waals surface area (Å²) in [5, 5.41) is 0. The number of ether oxygens (including phenoxy) is 2. The number of hydrogen-bond acceptors (Lipinski definition) is 5. The Morgan fingerprint density at radius 1 is 1.08 bits per heavy atom. The fraction of sp³-hybridized carbons (Fsp3) is 0.588. The Balaban J connectivity index is 1.58. The monoisotopic (exact) mass is 368 g/mol. The number of nitrogens with zero attached hydrogens (tertiary/aromatic N) is 2. The molecule has 0 unspecified atom stereocenters. The van der Waals surface area contributed by atoms with E-state index in [4.69, 9.17) is 9.47 Å². The van der Waals surface area contributed by atoms with Gasteiger partial charge in [-0.1, -0.05) is 0 Å². The van der Waals surface area contributed by atoms with Crippen LogP contribution in [0.3, 0.4) is 0 Å². The third-order valence-corrected chi connectivity index (χ3v) is 6.41. The highest BCUT2D eigenvalue weighted by atomic mass is 32.2. The highest BCUT2D eigenvalue weighted by molar-refractivity contribution is 7.89. The van der Waals surface area contributed by atoms with Crippen molar-refractivity contribution in [3.05, 3.63) is 24.3 Å². The molecule has 0 aromatic heterocycles. The van der Waals surface area contributed by atoms with Crippen molar-refractivity contribution in [2.45, 2.75) is 17.7 Å². The quantitative estimate of drug-likeness (QED) is 0.670. The number of rotatable bonds is 7. The molecule has 1 aromatic carbocycles. The van der Waals surface area contributed by atoms with Gasteiger partial charge in [0.05, 0.1) is 11.5 Å². The van der Waals surface area contributed by atoms with E-state index in [9.17, 15) is 13.2 Å². The lowest BCUT2D eigenvalue weighted by Crippen LogP contribution is -2.50. The Morgan fingerprint density at radius 3 is 2.28 bits per heavy atom. The van der Waals surface area contributed by atoms with Gasteiger partial charge in [0, 0.05) is 39.2 Å². The van der Waals surface area contributed by atoms with E-state index in [1.807, 2.05) is 0 Å². The Bertz CT molecular complexity index is 692. The molecular formula is C17H24N2O5S. The molecule has 7 nitrogen and oxygen atoms in total. The molecule has 1 aliphatic heterocycles. The van der Waals surface area contributed by atoms with Crippen LogP contribution in [-0.4, -0.2) is 70.0 Å². The van der Waals surface area contributed by atoms with Crippen LogP contribution in [-0.2, 0) is 19.6 Å². The van der Waals surface area contributed by atoms with E-state index in [0.29, 0.717) is 45.1 Å². The van der Waals surface area contributed by atoms with E-state index in [0.717, 1.165) is 12.8 Å². The van der Waals surface area contributed by atoms with Gasteiger partial charge in [-0.25, -0.2) is 8.42 Å². The summed E-state index contributed by atoms with van der Waals surface area (Å²) in [5.74, 6) is 0.958. The summed E-state index contributed by atoms with van der Waals surface area (Å²) < 4.78 is 37.3. The van der Waals surface area contributed by atoms with E-state index in [-0.39, 0.29) is 16.7 Å². The van der Waals surface area contributed by atoms with Gasteiger partial charge in [-0.15, -0.1) is 0 Å². The zero-order chi connectivity index (χ0) is 17.9. The van der Waals surface area contributed by atoms with Gasteiger partial charge in [-0.3, -0.25) is 4.79 Å². The molecule has 1 saturated heterocycles. The van der Waals surface area contributed by atoms with Gasteiger partial charge in [-0.05, 0) is 37.1 Å². The average molecular weight is 368 g/mol. The molecule has 1 amide bonds. The van der Waals surface area contributed by atoms with Crippen molar-refractivity contribution in [3.63, 3.8) is 0 Å². The summed E-state index contributed by atoms with van der Waals surface area (Å²) in [4.78, 5) is 14.1. The summed E-state index contributed by atoms with van der Waals surface area (Å²) in [5.41, 5.74) is 0. The molecule has 1 aromatic rings. The number of piperazine rings is 1. The largest absolute Gasteiger partial charge is 0.491 e. The first-order valence-electron chi connectivity index (χ1n) is 8.53. The van der Waals surface area contributed by atoms with Gasteiger partial charge < -0.3 is 14.4 Å². The zero-order valence-electron chi connectivity index (χ0n) is 14.4. The number of hydrogen-bond donors (Lipinski definition) is 0. The maximum Gasteiger partial charge on any atom is 0.243 e. The molecule has 1 saturated carbocycles. The molecule has 1 aliphatic carbocycles. The molecule has 2 fully saturated rings. The van der Waals surface area contributed by atoms with E-state index < -0.39 is 10.0 Å². The Labute approximate surface area is 148 Å². The van der Waals surface area contributed by atoms with Gasteiger partial charge in [-0.2, -0.15) is 4.31 Å². The minimum atomic E-state index is -3.54. The van der Waals surface area contributed by atoms with Crippen LogP contribution in [0, 0.1) is 5.92 Å². The fourth-order valence-corrected chi connectivity index (χ4v) is 4.26. The maximum absolute atomic E-state index is 12.7. The molecule has 0 spiro atoms. The van der Waals surface area contributed by atoms with Crippen LogP contribution < -0.4 is 4.74 Å². The van der Waals surface area contributed by atoms with Gasteiger partial charge >= 0.3 is 0 Å². The van der Waals surface area contributed by atoms with Crippen molar-refractivity contribution in [1.82, 2.24) is 9.21 Å². The number of benzene rings is 1. The van der Waals surface area contributed by atoms with Crippen LogP contribution >= 0.6 is 0 Å². The van der Waals surface area contributed by atoms with Crippen LogP contribution in [0.5, 0.6) is 5.75 Å². The lowest BCUT2D eigenvalue weighted by Gasteiger charge is -2.34. The molecule has 3 rings (SSSR count). The van der Waals surface area contributed by atoms with Crippen LogP contribution in [0.25, 0.3) is 0 Å². The molecule has 0 atom stereocenters. The number of amides is 1. The molecular weight excluding hydrogens is 344 g/mol. The average Bonchev–Trinajstić information content (AvgIpc) is 3.47. The first-order valence-corrected chi connectivity index (χ1v) is 9.97. The summed E-state index contributed by atoms with van der Waals surface area (Å²) >= 11 is 0. The minimum Gasteiger partial charge on any atom is -0.491 e. The lowest BCUT2D eigenvalue weighted by atomic mass is 10.3. The minimum absolute atomic E-state index is 0.175. The van der Waals surface area contributed by atoms with Crippen molar-refractivity contribution < 1.29 is 22.7 Å². The second-order valence-corrected chi connectivity index (χ2v) is 8.25. The summed E-state index contributed by atoms with van der Waals surface area (Å²) in [6.45, 7) is 2.50. The molecule has 0 radical (unpaired) electrons. The predicted octanol–water partition coefficient (Wildman–Crippen LogP) is 0.955. The third-order valence-electron chi connectivity index (χ3n) is 4.49. The Morgan fingerprint density at radius 2 is 1.72 bits per heavy atom. The maximum atomic E-state index is 12.7. The summed E-state index contributed by atoms with van der Waals surface area (Å²) in [7, 11) is -1.95. The molecule has 8 heteroatoms. The molecule has 2 aliphatic rings. The van der Waals surface area contributed by atoms with E-state index in [2.05, 4.69) is 0 Å². The standard InChI is InChI=1S/C17H24N2O5S/c1-23-12-13-24-15-4-6-16(7-5-15)25(21,22)19-10-8-18(9-11-19)17(20)14-2-3-14/h4-7,14H,2-3,8-13H2,1H3. The van der Waals surface area contributed by atoms with E-state index >= 15 is 0 Å².